The highest BCUT2D eigenvalue weighted by Crippen LogP contribution is 2.30. The molecule has 19 heavy (non-hydrogen) atoms. The fourth-order valence-electron chi connectivity index (χ4n) is 2.22. The number of ether oxygens (including phenoxy) is 3. The van der Waals surface area contributed by atoms with E-state index in [1.165, 1.54) is 7.11 Å². The molecule has 0 saturated heterocycles. The highest BCUT2D eigenvalue weighted by atomic mass is 16.7. The van der Waals surface area contributed by atoms with Crippen LogP contribution in [0.1, 0.15) is 24.8 Å². The first-order valence-corrected chi connectivity index (χ1v) is 6.33. The Hall–Kier alpha value is -1.97. The van der Waals surface area contributed by atoms with Gasteiger partial charge in [-0.1, -0.05) is 18.2 Å². The number of methoxy groups -OCH3 is 2. The fraction of sp³-hybridized carbons (Fsp3) is 0.400. The quantitative estimate of drug-likeness (QED) is 0.783. The predicted octanol–water partition coefficient (Wildman–Crippen LogP) is 3.41. The van der Waals surface area contributed by atoms with E-state index in [-0.39, 0.29) is 6.10 Å². The van der Waals surface area contributed by atoms with Gasteiger partial charge in [-0.3, -0.25) is 0 Å². The van der Waals surface area contributed by atoms with Crippen LogP contribution in [0.2, 0.25) is 0 Å². The molecule has 0 fully saturated rings. The number of hydrogen-bond donors (Lipinski definition) is 0. The summed E-state index contributed by atoms with van der Waals surface area (Å²) in [6.45, 7) is 0. The first-order valence-electron chi connectivity index (χ1n) is 6.33. The molecule has 1 aromatic carbocycles. The van der Waals surface area contributed by atoms with Crippen LogP contribution in [0.3, 0.4) is 0 Å². The molecular weight excluding hydrogens is 244 g/mol. The third-order valence-electron chi connectivity index (χ3n) is 3.21. The van der Waals surface area contributed by atoms with Gasteiger partial charge in [-0.05, 0) is 42.5 Å². The Balaban J connectivity index is 2.18. The van der Waals surface area contributed by atoms with Gasteiger partial charge in [0.2, 0.25) is 0 Å². The molecule has 2 rings (SSSR count). The van der Waals surface area contributed by atoms with Gasteiger partial charge in [-0.15, -0.1) is 0 Å². The first-order chi connectivity index (χ1) is 9.24. The molecule has 0 aromatic heterocycles. The Morgan fingerprint density at radius 3 is 2.58 bits per heavy atom. The molecule has 4 nitrogen and oxygen atoms in total. The molecule has 0 N–H and O–H groups in total. The third kappa shape index (κ3) is 3.28. The summed E-state index contributed by atoms with van der Waals surface area (Å²) in [5.74, 6) is 0.811. The zero-order valence-corrected chi connectivity index (χ0v) is 11.2. The minimum atomic E-state index is -0.633. The Morgan fingerprint density at radius 2 is 1.95 bits per heavy atom. The molecule has 4 heteroatoms. The molecule has 1 aliphatic rings. The van der Waals surface area contributed by atoms with E-state index in [0.29, 0.717) is 0 Å². The lowest BCUT2D eigenvalue weighted by Crippen LogP contribution is -2.22. The minimum absolute atomic E-state index is 0.227. The minimum Gasteiger partial charge on any atom is -0.497 e. The van der Waals surface area contributed by atoms with Crippen LogP contribution in [-0.2, 0) is 9.47 Å². The Bertz CT molecular complexity index is 462. The monoisotopic (exact) mass is 262 g/mol. The second kappa shape index (κ2) is 6.27. The maximum absolute atomic E-state index is 11.3. The van der Waals surface area contributed by atoms with E-state index in [0.717, 1.165) is 36.1 Å². The number of rotatable bonds is 3. The highest BCUT2D eigenvalue weighted by Gasteiger charge is 2.23. The van der Waals surface area contributed by atoms with Crippen molar-refractivity contribution in [2.75, 3.05) is 14.2 Å². The average molecular weight is 262 g/mol. The van der Waals surface area contributed by atoms with E-state index in [9.17, 15) is 4.79 Å². The van der Waals surface area contributed by atoms with Crippen molar-refractivity contribution < 1.29 is 19.0 Å². The number of allylic oxidation sites excluding steroid dienone is 1. The molecule has 0 spiro atoms. The molecule has 1 aliphatic carbocycles. The van der Waals surface area contributed by atoms with Crippen LogP contribution in [0.5, 0.6) is 5.75 Å². The lowest BCUT2D eigenvalue weighted by atomic mass is 9.91. The summed E-state index contributed by atoms with van der Waals surface area (Å²) in [7, 11) is 2.96. The first kappa shape index (κ1) is 13.5. The van der Waals surface area contributed by atoms with E-state index in [1.807, 2.05) is 24.3 Å². The smallest absolute Gasteiger partial charge is 0.497 e. The summed E-state index contributed by atoms with van der Waals surface area (Å²) in [6.07, 6.45) is 4.11. The van der Waals surface area contributed by atoms with Crippen molar-refractivity contribution in [1.29, 1.82) is 0 Å². The standard InChI is InChI=1S/C15H18O4/c1-17-12-9-7-11(8-10-12)13-5-3-4-6-14(13)19-15(16)18-2/h5,7-10,14H,3-4,6H2,1-2H3. The third-order valence-corrected chi connectivity index (χ3v) is 3.21. The zero-order valence-electron chi connectivity index (χ0n) is 11.2. The number of carbonyl (C=O) groups is 1. The van der Waals surface area contributed by atoms with Crippen LogP contribution in [0, 0.1) is 0 Å². The van der Waals surface area contributed by atoms with Gasteiger partial charge in [0.1, 0.15) is 11.9 Å². The topological polar surface area (TPSA) is 44.8 Å². The molecular formula is C15H18O4. The summed E-state index contributed by atoms with van der Waals surface area (Å²) in [6, 6.07) is 7.76. The highest BCUT2D eigenvalue weighted by molar-refractivity contribution is 5.72. The van der Waals surface area contributed by atoms with Gasteiger partial charge in [0.05, 0.1) is 14.2 Å². The molecule has 0 aliphatic heterocycles. The molecule has 0 amide bonds. The number of carbonyl (C=O) groups excluding carboxylic acids is 1. The molecule has 0 saturated carbocycles. The molecule has 1 atom stereocenters. The summed E-state index contributed by atoms with van der Waals surface area (Å²) in [4.78, 5) is 11.3. The number of benzene rings is 1. The van der Waals surface area contributed by atoms with E-state index in [1.54, 1.807) is 7.11 Å². The zero-order chi connectivity index (χ0) is 13.7. The summed E-state index contributed by atoms with van der Waals surface area (Å²) in [5, 5.41) is 0. The predicted molar refractivity (Wildman–Crippen MR) is 72.1 cm³/mol. The Kier molecular flexibility index (Phi) is 4.44. The van der Waals surface area contributed by atoms with Gasteiger partial charge in [0.15, 0.2) is 0 Å². The molecule has 0 heterocycles. The molecule has 0 radical (unpaired) electrons. The SMILES string of the molecule is COC(=O)OC1CCCC=C1c1ccc(OC)cc1. The van der Waals surface area contributed by atoms with Crippen LogP contribution in [0.15, 0.2) is 30.3 Å². The van der Waals surface area contributed by atoms with Gasteiger partial charge >= 0.3 is 6.16 Å². The van der Waals surface area contributed by atoms with Crippen LogP contribution in [-0.4, -0.2) is 26.5 Å². The maximum atomic E-state index is 11.3. The van der Waals surface area contributed by atoms with Crippen molar-refractivity contribution in [2.45, 2.75) is 25.4 Å². The molecule has 1 aromatic rings. The summed E-state index contributed by atoms with van der Waals surface area (Å²) >= 11 is 0. The van der Waals surface area contributed by atoms with Gasteiger partial charge < -0.3 is 14.2 Å². The molecule has 102 valence electrons. The summed E-state index contributed by atoms with van der Waals surface area (Å²) < 4.78 is 15.0. The Labute approximate surface area is 113 Å². The number of hydrogen-bond acceptors (Lipinski definition) is 4. The largest absolute Gasteiger partial charge is 0.508 e. The second-order valence-corrected chi connectivity index (χ2v) is 4.38. The normalized spacial score (nSPS) is 18.4. The van der Waals surface area contributed by atoms with E-state index in [2.05, 4.69) is 10.8 Å². The van der Waals surface area contributed by atoms with Crippen LogP contribution < -0.4 is 4.74 Å². The van der Waals surface area contributed by atoms with Crippen LogP contribution >= 0.6 is 0 Å². The van der Waals surface area contributed by atoms with Crippen LogP contribution in [0.25, 0.3) is 5.57 Å². The van der Waals surface area contributed by atoms with Crippen molar-refractivity contribution in [3.8, 4) is 5.75 Å². The van der Waals surface area contributed by atoms with Gasteiger partial charge in [0.25, 0.3) is 0 Å². The lowest BCUT2D eigenvalue weighted by molar-refractivity contribution is 0.0514. The van der Waals surface area contributed by atoms with E-state index < -0.39 is 6.16 Å². The Morgan fingerprint density at radius 1 is 1.21 bits per heavy atom. The van der Waals surface area contributed by atoms with Gasteiger partial charge in [-0.2, -0.15) is 0 Å². The van der Waals surface area contributed by atoms with Crippen molar-refractivity contribution in [2.24, 2.45) is 0 Å². The van der Waals surface area contributed by atoms with E-state index in [4.69, 9.17) is 9.47 Å². The van der Waals surface area contributed by atoms with Gasteiger partial charge in [0, 0.05) is 0 Å². The second-order valence-electron chi connectivity index (χ2n) is 4.38. The molecule has 0 bridgehead atoms. The summed E-state index contributed by atoms with van der Waals surface area (Å²) in [5.41, 5.74) is 2.09. The van der Waals surface area contributed by atoms with E-state index >= 15 is 0 Å². The average Bonchev–Trinajstić information content (AvgIpc) is 2.48. The lowest BCUT2D eigenvalue weighted by Gasteiger charge is -2.24. The van der Waals surface area contributed by atoms with Crippen molar-refractivity contribution >= 4 is 11.7 Å². The van der Waals surface area contributed by atoms with Crippen molar-refractivity contribution in [3.63, 3.8) is 0 Å². The fourth-order valence-corrected chi connectivity index (χ4v) is 2.22. The van der Waals surface area contributed by atoms with Gasteiger partial charge in [-0.25, -0.2) is 4.79 Å². The maximum Gasteiger partial charge on any atom is 0.508 e. The van der Waals surface area contributed by atoms with Crippen molar-refractivity contribution in [1.82, 2.24) is 0 Å². The van der Waals surface area contributed by atoms with Crippen LogP contribution in [0.4, 0.5) is 4.79 Å². The molecule has 1 unspecified atom stereocenters. The van der Waals surface area contributed by atoms with Crippen molar-refractivity contribution in [3.05, 3.63) is 35.9 Å².